The third-order valence-electron chi connectivity index (χ3n) is 4.26. The zero-order valence-electron chi connectivity index (χ0n) is 16.6. The Morgan fingerprint density at radius 2 is 1.42 bits per heavy atom. The fraction of sp³-hybridized carbons (Fsp3) is 1.00. The van der Waals surface area contributed by atoms with E-state index in [1.165, 1.54) is 0 Å². The number of ether oxygens (including phenoxy) is 6. The van der Waals surface area contributed by atoms with Crippen LogP contribution in [-0.4, -0.2) is 89.4 Å². The first-order valence-electron chi connectivity index (χ1n) is 9.73. The lowest BCUT2D eigenvalue weighted by atomic mass is 10.1. The molecular formula is C17H32O7. The molecule has 2 aliphatic heterocycles. The average Bonchev–Trinajstić information content (AvgIpc) is 3.11. The summed E-state index contributed by atoms with van der Waals surface area (Å²) in [5, 5.41) is 10.1. The van der Waals surface area contributed by atoms with E-state index < -0.39 is 19.3 Å². The highest BCUT2D eigenvalue weighted by atomic mass is 16.6. The molecule has 2 saturated heterocycles. The Hall–Kier alpha value is -0.280. The second kappa shape index (κ2) is 11.4. The van der Waals surface area contributed by atoms with E-state index in [2.05, 4.69) is 0 Å². The van der Waals surface area contributed by atoms with Crippen LogP contribution in [0.1, 0.15) is 28.4 Å². The Balaban J connectivity index is 1.58. The maximum Gasteiger partial charge on any atom is 0.107 e. The van der Waals surface area contributed by atoms with Crippen LogP contribution in [0.3, 0.4) is 0 Å². The third-order valence-corrected chi connectivity index (χ3v) is 4.26. The number of hydrogen-bond acceptors (Lipinski definition) is 7. The summed E-state index contributed by atoms with van der Waals surface area (Å²) in [6.07, 6.45) is 0.717. The predicted molar refractivity (Wildman–Crippen MR) is 87.2 cm³/mol. The molecule has 2 heterocycles. The maximum absolute atomic E-state index is 10.1. The van der Waals surface area contributed by atoms with Crippen molar-refractivity contribution >= 4 is 0 Å². The Kier molecular flexibility index (Phi) is 8.12. The molecule has 142 valence electrons. The zero-order valence-corrected chi connectivity index (χ0v) is 14.6. The summed E-state index contributed by atoms with van der Waals surface area (Å²) >= 11 is 0. The van der Waals surface area contributed by atoms with Crippen molar-refractivity contribution in [1.82, 2.24) is 0 Å². The lowest BCUT2D eigenvalue weighted by Gasteiger charge is -2.20. The van der Waals surface area contributed by atoms with Gasteiger partial charge in [0.05, 0.1) is 34.3 Å². The van der Waals surface area contributed by atoms with Gasteiger partial charge in [-0.15, -0.1) is 0 Å². The number of aliphatic hydroxyl groups excluding tert-OH is 1. The molecule has 7 heteroatoms. The molecule has 0 aromatic heterocycles. The second-order valence-corrected chi connectivity index (χ2v) is 6.11. The summed E-state index contributed by atoms with van der Waals surface area (Å²) in [7, 11) is 3.19. The number of hydrogen-bond donors (Lipinski definition) is 1. The average molecular weight is 352 g/mol. The molecule has 24 heavy (non-hydrogen) atoms. The number of aliphatic hydroxyl groups is 1. The summed E-state index contributed by atoms with van der Waals surface area (Å²) in [5.41, 5.74) is 0. The van der Waals surface area contributed by atoms with Crippen molar-refractivity contribution in [2.75, 3.05) is 53.8 Å². The monoisotopic (exact) mass is 352 g/mol. The molecule has 0 aromatic rings. The molecule has 2 rings (SSSR count). The minimum Gasteiger partial charge on any atom is -0.393 e. The largest absolute Gasteiger partial charge is 0.393 e. The van der Waals surface area contributed by atoms with Crippen molar-refractivity contribution in [3.63, 3.8) is 0 Å². The molecule has 0 bridgehead atoms. The van der Waals surface area contributed by atoms with Crippen molar-refractivity contribution in [2.24, 2.45) is 0 Å². The quantitative estimate of drug-likeness (QED) is 0.556. The molecule has 0 aliphatic carbocycles. The summed E-state index contributed by atoms with van der Waals surface area (Å²) in [5.74, 6) is 0. The first kappa shape index (κ1) is 17.1. The smallest absolute Gasteiger partial charge is 0.107 e. The summed E-state index contributed by atoms with van der Waals surface area (Å²) in [4.78, 5) is 0. The van der Waals surface area contributed by atoms with Gasteiger partial charge in [0.1, 0.15) is 12.2 Å². The molecule has 7 atom stereocenters. The molecule has 0 radical (unpaired) electrons. The normalized spacial score (nSPS) is 39.0. The van der Waals surface area contributed by atoms with Gasteiger partial charge >= 0.3 is 0 Å². The van der Waals surface area contributed by atoms with Crippen LogP contribution in [0.4, 0.5) is 0 Å². The fourth-order valence-electron chi connectivity index (χ4n) is 2.85. The summed E-state index contributed by atoms with van der Waals surface area (Å²) in [6, 6.07) is 0. The van der Waals surface area contributed by atoms with Crippen LogP contribution in [0.25, 0.3) is 0 Å². The lowest BCUT2D eigenvalue weighted by Crippen LogP contribution is -2.30. The van der Waals surface area contributed by atoms with Gasteiger partial charge in [0, 0.05) is 40.6 Å². The van der Waals surface area contributed by atoms with Crippen LogP contribution in [0, 0.1) is 0 Å². The Bertz CT molecular complexity index is 356. The molecule has 0 spiro atoms. The number of rotatable bonds is 12. The van der Waals surface area contributed by atoms with E-state index in [1.54, 1.807) is 14.2 Å². The minimum atomic E-state index is -0.576. The van der Waals surface area contributed by atoms with Crippen molar-refractivity contribution in [3.8, 4) is 0 Å². The molecular weight excluding hydrogens is 316 g/mol. The highest BCUT2D eigenvalue weighted by Crippen LogP contribution is 2.19. The zero-order chi connectivity index (χ0) is 18.9. The summed E-state index contributed by atoms with van der Waals surface area (Å²) in [6.45, 7) is 0.450. The van der Waals surface area contributed by atoms with E-state index in [0.717, 1.165) is 0 Å². The minimum absolute atomic E-state index is 0.166. The van der Waals surface area contributed by atoms with Gasteiger partial charge < -0.3 is 33.5 Å². The SMILES string of the molecule is [3H][C@@H]1C[C@@H](OCCC(O)CCO[C@@H]2C[C@H]([3H])O[C@@H]2COC)[C@@H](COC)O1. The fourth-order valence-corrected chi connectivity index (χ4v) is 2.85. The van der Waals surface area contributed by atoms with Crippen LogP contribution in [0.15, 0.2) is 0 Å². The Labute approximate surface area is 147 Å². The molecule has 1 N–H and O–H groups in total. The van der Waals surface area contributed by atoms with Gasteiger partial charge in [-0.05, 0) is 25.7 Å². The first-order valence-corrected chi connectivity index (χ1v) is 8.58. The highest BCUT2D eigenvalue weighted by Gasteiger charge is 2.30. The van der Waals surface area contributed by atoms with Gasteiger partial charge in [-0.25, -0.2) is 0 Å². The molecule has 0 aromatic carbocycles. The molecule has 0 saturated carbocycles. The van der Waals surface area contributed by atoms with E-state index in [9.17, 15) is 5.11 Å². The van der Waals surface area contributed by atoms with Crippen LogP contribution < -0.4 is 0 Å². The Morgan fingerprint density at radius 3 is 1.83 bits per heavy atom. The van der Waals surface area contributed by atoms with E-state index in [1.807, 2.05) is 0 Å². The molecule has 1 unspecified atom stereocenters. The maximum atomic E-state index is 10.1. The second-order valence-electron chi connectivity index (χ2n) is 6.11. The van der Waals surface area contributed by atoms with Gasteiger partial charge in [0.25, 0.3) is 0 Å². The molecule has 2 fully saturated rings. The Morgan fingerprint density at radius 1 is 0.958 bits per heavy atom. The van der Waals surface area contributed by atoms with Crippen LogP contribution in [0.5, 0.6) is 0 Å². The van der Waals surface area contributed by atoms with E-state index in [0.29, 0.717) is 52.1 Å². The lowest BCUT2D eigenvalue weighted by molar-refractivity contribution is -0.0574. The standard InChI is InChI=1S/C17H32O7/c1-19-11-16-14(5-9-23-16)21-7-3-13(18)4-8-22-15-6-10-24-17(15)12-20-2/h13-18H,3-12H2,1-2H3/t14-,15-,16-,17-/m1/s1/i9T,10T/t9-,10+,13?,14-,15-,16-,17-. The van der Waals surface area contributed by atoms with Gasteiger partial charge in [0.15, 0.2) is 0 Å². The number of methoxy groups -OCH3 is 2. The van der Waals surface area contributed by atoms with Crippen LogP contribution >= 0.6 is 0 Å². The van der Waals surface area contributed by atoms with E-state index in [-0.39, 0.29) is 24.4 Å². The third kappa shape index (κ3) is 6.55. The van der Waals surface area contributed by atoms with Gasteiger partial charge in [-0.2, -0.15) is 0 Å². The van der Waals surface area contributed by atoms with Crippen molar-refractivity contribution in [2.45, 2.75) is 56.2 Å². The first-order chi connectivity index (χ1) is 12.5. The van der Waals surface area contributed by atoms with Crippen LogP contribution in [0.2, 0.25) is 0 Å². The van der Waals surface area contributed by atoms with Crippen molar-refractivity contribution in [3.05, 3.63) is 0 Å². The highest BCUT2D eigenvalue weighted by molar-refractivity contribution is 4.78. The van der Waals surface area contributed by atoms with Gasteiger partial charge in [0.2, 0.25) is 0 Å². The summed E-state index contributed by atoms with van der Waals surface area (Å²) < 4.78 is 47.9. The van der Waals surface area contributed by atoms with E-state index >= 15 is 0 Å². The molecule has 2 aliphatic rings. The molecule has 0 amide bonds. The predicted octanol–water partition coefficient (Wildman–Crippen LogP) is 0.769. The van der Waals surface area contributed by atoms with Crippen molar-refractivity contribution < 1.29 is 36.3 Å². The van der Waals surface area contributed by atoms with Gasteiger partial charge in [-0.1, -0.05) is 0 Å². The van der Waals surface area contributed by atoms with Crippen LogP contribution in [-0.2, 0) is 28.4 Å². The topological polar surface area (TPSA) is 75.6 Å². The van der Waals surface area contributed by atoms with E-state index in [4.69, 9.17) is 31.2 Å². The van der Waals surface area contributed by atoms with Gasteiger partial charge in [-0.3, -0.25) is 0 Å². The van der Waals surface area contributed by atoms with Crippen molar-refractivity contribution in [1.29, 1.82) is 0 Å². The molecule has 7 nitrogen and oxygen atoms in total.